The fraction of sp³-hybridized carbons (Fsp3) is 0.355. The standard InChI is InChI=1S/C31H35NO5S/c1-20-14-15-32(18-20)21(2)19-36-26-11-8-23(9-12-26)31-30(24-6-5-7-27(16-24)38(4,34)35)22(3)28-17-25(33)10-13-29(28)37-31/h5-13,16-17,20-21,31,33H,14-15,18-19H2,1-4H3. The van der Waals surface area contributed by atoms with E-state index < -0.39 is 15.9 Å². The molecule has 2 aliphatic heterocycles. The van der Waals surface area contributed by atoms with E-state index >= 15 is 0 Å². The second-order valence-corrected chi connectivity index (χ2v) is 12.7. The maximum atomic E-state index is 12.3. The fourth-order valence-electron chi connectivity index (χ4n) is 5.37. The third-order valence-electron chi connectivity index (χ3n) is 7.60. The highest BCUT2D eigenvalue weighted by Gasteiger charge is 2.30. The molecule has 0 bridgehead atoms. The van der Waals surface area contributed by atoms with Crippen LogP contribution in [-0.2, 0) is 9.84 Å². The van der Waals surface area contributed by atoms with Crippen LogP contribution in [-0.4, -0.2) is 50.4 Å². The molecule has 3 aromatic carbocycles. The lowest BCUT2D eigenvalue weighted by atomic mass is 9.86. The first-order chi connectivity index (χ1) is 18.1. The molecule has 2 aliphatic rings. The summed E-state index contributed by atoms with van der Waals surface area (Å²) in [5.74, 6) is 2.36. The summed E-state index contributed by atoms with van der Waals surface area (Å²) in [6.45, 7) is 9.36. The molecule has 0 radical (unpaired) electrons. The second-order valence-electron chi connectivity index (χ2n) is 10.6. The Morgan fingerprint density at radius 3 is 2.55 bits per heavy atom. The molecular weight excluding hydrogens is 498 g/mol. The van der Waals surface area contributed by atoms with Gasteiger partial charge >= 0.3 is 0 Å². The molecule has 0 aliphatic carbocycles. The van der Waals surface area contributed by atoms with Crippen molar-refractivity contribution in [3.05, 3.63) is 83.4 Å². The molecule has 6 nitrogen and oxygen atoms in total. The van der Waals surface area contributed by atoms with E-state index in [4.69, 9.17) is 9.47 Å². The van der Waals surface area contributed by atoms with Gasteiger partial charge in [-0.25, -0.2) is 8.42 Å². The largest absolute Gasteiger partial charge is 0.508 e. The van der Waals surface area contributed by atoms with Gasteiger partial charge in [-0.1, -0.05) is 31.2 Å². The Balaban J connectivity index is 1.45. The van der Waals surface area contributed by atoms with Crippen LogP contribution >= 0.6 is 0 Å². The van der Waals surface area contributed by atoms with E-state index in [-0.39, 0.29) is 10.6 Å². The van der Waals surface area contributed by atoms with Crippen LogP contribution in [0.15, 0.2) is 71.6 Å². The molecule has 7 heteroatoms. The van der Waals surface area contributed by atoms with E-state index in [0.29, 0.717) is 18.4 Å². The van der Waals surface area contributed by atoms with Crippen LogP contribution in [0.5, 0.6) is 17.2 Å². The number of phenols is 1. The van der Waals surface area contributed by atoms with Gasteiger partial charge in [0.05, 0.1) is 4.90 Å². The lowest BCUT2D eigenvalue weighted by Gasteiger charge is -2.31. The van der Waals surface area contributed by atoms with Crippen LogP contribution in [0.1, 0.15) is 50.0 Å². The molecule has 3 aromatic rings. The van der Waals surface area contributed by atoms with Crippen LogP contribution in [0.4, 0.5) is 0 Å². The number of fused-ring (bicyclic) bond motifs is 1. The molecule has 2 heterocycles. The highest BCUT2D eigenvalue weighted by molar-refractivity contribution is 7.90. The predicted octanol–water partition coefficient (Wildman–Crippen LogP) is 5.97. The van der Waals surface area contributed by atoms with Crippen LogP contribution in [0, 0.1) is 5.92 Å². The average Bonchev–Trinajstić information content (AvgIpc) is 3.34. The highest BCUT2D eigenvalue weighted by atomic mass is 32.2. The summed E-state index contributed by atoms with van der Waals surface area (Å²) in [4.78, 5) is 2.73. The smallest absolute Gasteiger partial charge is 0.175 e. The van der Waals surface area contributed by atoms with Crippen molar-refractivity contribution >= 4 is 21.0 Å². The predicted molar refractivity (Wildman–Crippen MR) is 150 cm³/mol. The highest BCUT2D eigenvalue weighted by Crippen LogP contribution is 2.47. The summed E-state index contributed by atoms with van der Waals surface area (Å²) in [5, 5.41) is 10.1. The molecule has 200 valence electrons. The molecule has 3 unspecified atom stereocenters. The monoisotopic (exact) mass is 533 g/mol. The molecule has 1 N–H and O–H groups in total. The number of hydrogen-bond acceptors (Lipinski definition) is 6. The van der Waals surface area contributed by atoms with Crippen molar-refractivity contribution in [1.82, 2.24) is 4.90 Å². The summed E-state index contributed by atoms with van der Waals surface area (Å²) >= 11 is 0. The van der Waals surface area contributed by atoms with E-state index in [2.05, 4.69) is 18.7 Å². The van der Waals surface area contributed by atoms with Gasteiger partial charge in [-0.3, -0.25) is 4.90 Å². The molecule has 0 aromatic heterocycles. The van der Waals surface area contributed by atoms with Gasteiger partial charge in [-0.15, -0.1) is 0 Å². The molecule has 0 spiro atoms. The minimum atomic E-state index is -3.38. The average molecular weight is 534 g/mol. The maximum absolute atomic E-state index is 12.3. The number of allylic oxidation sites excluding steroid dienone is 1. The Hall–Kier alpha value is -3.29. The van der Waals surface area contributed by atoms with Crippen molar-refractivity contribution in [3.8, 4) is 17.2 Å². The zero-order chi connectivity index (χ0) is 27.0. The Morgan fingerprint density at radius 1 is 1.11 bits per heavy atom. The van der Waals surface area contributed by atoms with Gasteiger partial charge in [0.1, 0.15) is 30.0 Å². The third kappa shape index (κ3) is 5.45. The van der Waals surface area contributed by atoms with Crippen molar-refractivity contribution in [2.75, 3.05) is 26.0 Å². The topological polar surface area (TPSA) is 76.1 Å². The molecule has 3 atom stereocenters. The number of phenolic OH excluding ortho intramolecular Hbond substituents is 1. The number of sulfone groups is 1. The van der Waals surface area contributed by atoms with Crippen molar-refractivity contribution in [1.29, 1.82) is 0 Å². The van der Waals surface area contributed by atoms with E-state index in [9.17, 15) is 13.5 Å². The van der Waals surface area contributed by atoms with Crippen molar-refractivity contribution in [3.63, 3.8) is 0 Å². The van der Waals surface area contributed by atoms with Gasteiger partial charge < -0.3 is 14.6 Å². The molecule has 0 saturated carbocycles. The van der Waals surface area contributed by atoms with Crippen LogP contribution in [0.25, 0.3) is 11.1 Å². The Bertz CT molecular complexity index is 1460. The lowest BCUT2D eigenvalue weighted by Crippen LogP contribution is -2.35. The summed E-state index contributed by atoms with van der Waals surface area (Å²) in [6.07, 6.45) is 1.99. The fourth-order valence-corrected chi connectivity index (χ4v) is 6.04. The number of ether oxygens (including phenoxy) is 2. The SMILES string of the molecule is CC1=C(c2cccc(S(C)(=O)=O)c2)C(c2ccc(OCC(C)N3CCC(C)C3)cc2)Oc2ccc(O)cc21. The van der Waals surface area contributed by atoms with E-state index in [1.165, 1.54) is 12.7 Å². The quantitative estimate of drug-likeness (QED) is 0.403. The zero-order valence-corrected chi connectivity index (χ0v) is 23.2. The first-order valence-electron chi connectivity index (χ1n) is 13.1. The molecule has 5 rings (SSSR count). The van der Waals surface area contributed by atoms with E-state index in [1.54, 1.807) is 36.4 Å². The van der Waals surface area contributed by atoms with Crippen LogP contribution in [0.2, 0.25) is 0 Å². The maximum Gasteiger partial charge on any atom is 0.175 e. The van der Waals surface area contributed by atoms with Gasteiger partial charge in [0.2, 0.25) is 0 Å². The summed E-state index contributed by atoms with van der Waals surface area (Å²) < 4.78 is 37.2. The van der Waals surface area contributed by atoms with Gasteiger partial charge in [-0.2, -0.15) is 0 Å². The van der Waals surface area contributed by atoms with E-state index in [1.807, 2.05) is 37.3 Å². The normalized spacial score (nSPS) is 20.6. The summed E-state index contributed by atoms with van der Waals surface area (Å²) in [6, 6.07) is 20.3. The van der Waals surface area contributed by atoms with Crippen LogP contribution < -0.4 is 9.47 Å². The van der Waals surface area contributed by atoms with Gasteiger partial charge in [-0.05, 0) is 91.9 Å². The first kappa shape index (κ1) is 26.3. The van der Waals surface area contributed by atoms with Crippen LogP contribution in [0.3, 0.4) is 0 Å². The first-order valence-corrected chi connectivity index (χ1v) is 15.0. The number of aromatic hydroxyl groups is 1. The second kappa shape index (κ2) is 10.5. The Morgan fingerprint density at radius 2 is 1.87 bits per heavy atom. The molecule has 1 fully saturated rings. The number of benzene rings is 3. The Labute approximate surface area is 225 Å². The molecular formula is C31H35NO5S. The van der Waals surface area contributed by atoms with Gasteiger partial charge in [0, 0.05) is 30.0 Å². The summed E-state index contributed by atoms with van der Waals surface area (Å²) in [7, 11) is -3.38. The minimum absolute atomic E-state index is 0.147. The van der Waals surface area contributed by atoms with Crippen molar-refractivity contribution < 1.29 is 23.0 Å². The lowest BCUT2D eigenvalue weighted by molar-refractivity contribution is 0.169. The zero-order valence-electron chi connectivity index (χ0n) is 22.3. The third-order valence-corrected chi connectivity index (χ3v) is 8.71. The van der Waals surface area contributed by atoms with Crippen molar-refractivity contribution in [2.24, 2.45) is 5.92 Å². The number of likely N-dealkylation sites (tertiary alicyclic amines) is 1. The number of hydrogen-bond donors (Lipinski definition) is 1. The Kier molecular flexibility index (Phi) is 7.25. The van der Waals surface area contributed by atoms with E-state index in [0.717, 1.165) is 52.6 Å². The summed E-state index contributed by atoms with van der Waals surface area (Å²) in [5.41, 5.74) is 4.26. The number of nitrogens with zero attached hydrogens (tertiary/aromatic N) is 1. The molecule has 38 heavy (non-hydrogen) atoms. The minimum Gasteiger partial charge on any atom is -0.508 e. The van der Waals surface area contributed by atoms with Gasteiger partial charge in [0.25, 0.3) is 0 Å². The molecule has 1 saturated heterocycles. The van der Waals surface area contributed by atoms with Gasteiger partial charge in [0.15, 0.2) is 9.84 Å². The number of rotatable bonds is 7. The van der Waals surface area contributed by atoms with Crippen molar-refractivity contribution in [2.45, 2.75) is 44.2 Å². The molecule has 0 amide bonds.